The van der Waals surface area contributed by atoms with Gasteiger partial charge in [-0.25, -0.2) is 8.78 Å². The summed E-state index contributed by atoms with van der Waals surface area (Å²) in [5, 5.41) is 3.49. The molecule has 1 aliphatic heterocycles. The Balaban J connectivity index is 1.51. The molecule has 0 bridgehead atoms. The maximum absolute atomic E-state index is 13.8. The number of H-pyrrole nitrogens is 1. The number of hydrogen-bond donors (Lipinski definition) is 3. The smallest absolute Gasteiger partial charge is 0.245 e. The van der Waals surface area contributed by atoms with Crippen molar-refractivity contribution < 1.29 is 18.4 Å². The standard InChI is InChI=1S/C26H30F2N4O2/c1-26(2,29)25(34)31-23(13-18-15-30-22-8-7-20(28)14-21(18)22)24(33)32-11-9-17(10-12-32)16-3-5-19(27)6-4-16/h3-8,14-15,17,23,30H,9-13,29H2,1-2H3,(H,31,34)/t23-/m1/s1. The molecule has 2 heterocycles. The van der Waals surface area contributed by atoms with Crippen LogP contribution in [0.1, 0.15) is 43.7 Å². The molecular weight excluding hydrogens is 438 g/mol. The molecule has 4 N–H and O–H groups in total. The summed E-state index contributed by atoms with van der Waals surface area (Å²) in [6.45, 7) is 4.22. The lowest BCUT2D eigenvalue weighted by Crippen LogP contribution is -2.57. The third-order valence-corrected chi connectivity index (χ3v) is 6.49. The fourth-order valence-electron chi connectivity index (χ4n) is 4.47. The van der Waals surface area contributed by atoms with Gasteiger partial charge in [0.15, 0.2) is 0 Å². The minimum atomic E-state index is -1.15. The van der Waals surface area contributed by atoms with Crippen molar-refractivity contribution in [1.82, 2.24) is 15.2 Å². The first-order valence-electron chi connectivity index (χ1n) is 11.5. The minimum Gasteiger partial charge on any atom is -0.361 e. The monoisotopic (exact) mass is 468 g/mol. The molecule has 34 heavy (non-hydrogen) atoms. The number of aromatic nitrogens is 1. The van der Waals surface area contributed by atoms with Gasteiger partial charge < -0.3 is 20.9 Å². The highest BCUT2D eigenvalue weighted by Gasteiger charge is 2.33. The van der Waals surface area contributed by atoms with Crippen LogP contribution in [-0.2, 0) is 16.0 Å². The van der Waals surface area contributed by atoms with Crippen LogP contribution in [0.4, 0.5) is 8.78 Å². The van der Waals surface area contributed by atoms with Gasteiger partial charge in [-0.15, -0.1) is 0 Å². The van der Waals surface area contributed by atoms with Crippen LogP contribution in [0.3, 0.4) is 0 Å². The largest absolute Gasteiger partial charge is 0.361 e. The fourth-order valence-corrected chi connectivity index (χ4v) is 4.47. The van der Waals surface area contributed by atoms with Crippen molar-refractivity contribution >= 4 is 22.7 Å². The van der Waals surface area contributed by atoms with E-state index in [-0.39, 0.29) is 29.9 Å². The Hall–Kier alpha value is -3.26. The zero-order valence-corrected chi connectivity index (χ0v) is 19.4. The van der Waals surface area contributed by atoms with Crippen molar-refractivity contribution in [1.29, 1.82) is 0 Å². The molecule has 180 valence electrons. The average Bonchev–Trinajstić information content (AvgIpc) is 3.20. The molecule has 0 spiro atoms. The second-order valence-corrected chi connectivity index (χ2v) is 9.61. The predicted octanol–water partition coefficient (Wildman–Crippen LogP) is 3.62. The van der Waals surface area contributed by atoms with E-state index in [2.05, 4.69) is 10.3 Å². The molecule has 0 saturated carbocycles. The number of piperidine rings is 1. The van der Waals surface area contributed by atoms with Crippen LogP contribution in [0.5, 0.6) is 0 Å². The van der Waals surface area contributed by atoms with Crippen LogP contribution < -0.4 is 11.1 Å². The van der Waals surface area contributed by atoms with Crippen molar-refractivity contribution in [3.05, 3.63) is 71.4 Å². The molecule has 0 radical (unpaired) electrons. The summed E-state index contributed by atoms with van der Waals surface area (Å²) in [7, 11) is 0. The number of amides is 2. The van der Waals surface area contributed by atoms with Crippen molar-refractivity contribution in [2.24, 2.45) is 5.73 Å². The number of nitrogens with one attached hydrogen (secondary N) is 2. The lowest BCUT2D eigenvalue weighted by molar-refractivity contribution is -0.138. The second-order valence-electron chi connectivity index (χ2n) is 9.61. The summed E-state index contributed by atoms with van der Waals surface area (Å²) in [6, 6.07) is 10.1. The number of halogens is 2. The molecule has 1 aliphatic rings. The quantitative estimate of drug-likeness (QED) is 0.516. The Morgan fingerprint density at radius 3 is 2.41 bits per heavy atom. The molecule has 1 fully saturated rings. The normalized spacial score (nSPS) is 16.0. The SMILES string of the molecule is CC(C)(N)C(=O)N[C@H](Cc1c[nH]c2ccc(F)cc12)C(=O)N1CCC(c2ccc(F)cc2)CC1. The van der Waals surface area contributed by atoms with Crippen LogP contribution in [-0.4, -0.2) is 46.4 Å². The van der Waals surface area contributed by atoms with Gasteiger partial charge in [-0.3, -0.25) is 9.59 Å². The Labute approximate surface area is 197 Å². The third kappa shape index (κ3) is 5.28. The average molecular weight is 469 g/mol. The summed E-state index contributed by atoms with van der Waals surface area (Å²) < 4.78 is 27.1. The van der Waals surface area contributed by atoms with E-state index in [0.717, 1.165) is 29.5 Å². The molecule has 1 saturated heterocycles. The van der Waals surface area contributed by atoms with Gasteiger partial charge in [0.2, 0.25) is 11.8 Å². The summed E-state index contributed by atoms with van der Waals surface area (Å²) in [5.74, 6) is -1.02. The molecule has 3 aromatic rings. The Bertz CT molecular complexity index is 1180. The van der Waals surface area contributed by atoms with E-state index in [0.29, 0.717) is 18.5 Å². The van der Waals surface area contributed by atoms with E-state index in [1.165, 1.54) is 24.3 Å². The van der Waals surface area contributed by atoms with Crippen LogP contribution in [0.25, 0.3) is 10.9 Å². The number of benzene rings is 2. The lowest BCUT2D eigenvalue weighted by Gasteiger charge is -2.35. The van der Waals surface area contributed by atoms with E-state index in [9.17, 15) is 18.4 Å². The first-order valence-corrected chi connectivity index (χ1v) is 11.5. The summed E-state index contributed by atoms with van der Waals surface area (Å²) in [5.41, 5.74) is 7.37. The number of aromatic amines is 1. The van der Waals surface area contributed by atoms with Gasteiger partial charge in [-0.2, -0.15) is 0 Å². The molecular formula is C26H30F2N4O2. The molecule has 6 nitrogen and oxygen atoms in total. The van der Waals surface area contributed by atoms with Crippen molar-refractivity contribution in [3.63, 3.8) is 0 Å². The minimum absolute atomic E-state index is 0.194. The third-order valence-electron chi connectivity index (χ3n) is 6.49. The number of likely N-dealkylation sites (tertiary alicyclic amines) is 1. The highest BCUT2D eigenvalue weighted by atomic mass is 19.1. The van der Waals surface area contributed by atoms with E-state index in [1.807, 2.05) is 0 Å². The molecule has 2 amide bonds. The Morgan fingerprint density at radius 2 is 1.76 bits per heavy atom. The van der Waals surface area contributed by atoms with Crippen LogP contribution in [0.15, 0.2) is 48.7 Å². The molecule has 8 heteroatoms. The Kier molecular flexibility index (Phi) is 6.70. The van der Waals surface area contributed by atoms with Gasteiger partial charge >= 0.3 is 0 Å². The van der Waals surface area contributed by atoms with Crippen molar-refractivity contribution in [3.8, 4) is 0 Å². The van der Waals surface area contributed by atoms with Gasteiger partial charge in [0.05, 0.1) is 5.54 Å². The van der Waals surface area contributed by atoms with E-state index in [1.54, 1.807) is 43.1 Å². The maximum Gasteiger partial charge on any atom is 0.245 e. The molecule has 1 aromatic heterocycles. The number of carbonyl (C=O) groups is 2. The van der Waals surface area contributed by atoms with E-state index < -0.39 is 17.5 Å². The van der Waals surface area contributed by atoms with E-state index >= 15 is 0 Å². The fraction of sp³-hybridized carbons (Fsp3) is 0.385. The lowest BCUT2D eigenvalue weighted by atomic mass is 9.89. The summed E-state index contributed by atoms with van der Waals surface area (Å²) in [4.78, 5) is 31.0. The Morgan fingerprint density at radius 1 is 1.12 bits per heavy atom. The molecule has 2 aromatic carbocycles. The van der Waals surface area contributed by atoms with Gasteiger partial charge in [-0.05, 0) is 74.1 Å². The first kappa shape index (κ1) is 23.9. The zero-order chi connectivity index (χ0) is 24.5. The molecule has 0 unspecified atom stereocenters. The number of nitrogens with two attached hydrogens (primary N) is 1. The highest BCUT2D eigenvalue weighted by Crippen LogP contribution is 2.29. The number of hydrogen-bond acceptors (Lipinski definition) is 3. The van der Waals surface area contributed by atoms with Crippen LogP contribution in [0, 0.1) is 11.6 Å². The maximum atomic E-state index is 13.8. The van der Waals surface area contributed by atoms with Gasteiger partial charge in [0, 0.05) is 36.6 Å². The number of carbonyl (C=O) groups excluding carboxylic acids is 2. The number of rotatable bonds is 6. The highest BCUT2D eigenvalue weighted by molar-refractivity contribution is 5.92. The number of fused-ring (bicyclic) bond motifs is 1. The van der Waals surface area contributed by atoms with Crippen LogP contribution in [0.2, 0.25) is 0 Å². The zero-order valence-electron chi connectivity index (χ0n) is 19.4. The molecule has 4 rings (SSSR count). The molecule has 0 aliphatic carbocycles. The first-order chi connectivity index (χ1) is 16.1. The van der Waals surface area contributed by atoms with E-state index in [4.69, 9.17) is 5.73 Å². The van der Waals surface area contributed by atoms with Gasteiger partial charge in [-0.1, -0.05) is 12.1 Å². The summed E-state index contributed by atoms with van der Waals surface area (Å²) in [6.07, 6.45) is 3.45. The van der Waals surface area contributed by atoms with Crippen molar-refractivity contribution in [2.75, 3.05) is 13.1 Å². The topological polar surface area (TPSA) is 91.2 Å². The van der Waals surface area contributed by atoms with Gasteiger partial charge in [0.1, 0.15) is 17.7 Å². The number of nitrogens with zero attached hydrogens (tertiary/aromatic N) is 1. The molecule has 1 atom stereocenters. The van der Waals surface area contributed by atoms with Crippen molar-refractivity contribution in [2.45, 2.75) is 50.6 Å². The van der Waals surface area contributed by atoms with Gasteiger partial charge in [0.25, 0.3) is 0 Å². The predicted molar refractivity (Wildman–Crippen MR) is 127 cm³/mol. The van der Waals surface area contributed by atoms with Crippen LogP contribution >= 0.6 is 0 Å². The second kappa shape index (κ2) is 9.54. The summed E-state index contributed by atoms with van der Waals surface area (Å²) >= 11 is 0.